The van der Waals surface area contributed by atoms with E-state index < -0.39 is 11.7 Å². The van der Waals surface area contributed by atoms with Gasteiger partial charge < -0.3 is 20.4 Å². The van der Waals surface area contributed by atoms with Crippen LogP contribution in [0.4, 0.5) is 5.69 Å². The zero-order chi connectivity index (χ0) is 21.7. The normalized spacial score (nSPS) is 14.9. The van der Waals surface area contributed by atoms with Gasteiger partial charge in [-0.25, -0.2) is 4.79 Å². The Kier molecular flexibility index (Phi) is 6.58. The number of carboxylic acids is 1. The average Bonchev–Trinajstić information content (AvgIpc) is 2.96. The maximum atomic E-state index is 12.6. The van der Waals surface area contributed by atoms with E-state index >= 15 is 0 Å². The van der Waals surface area contributed by atoms with Crippen LogP contribution in [0.1, 0.15) is 35.2 Å². The number of benzene rings is 2. The Morgan fingerprint density at radius 3 is 2.57 bits per heavy atom. The van der Waals surface area contributed by atoms with Crippen molar-refractivity contribution in [3.63, 3.8) is 0 Å². The summed E-state index contributed by atoms with van der Waals surface area (Å²) in [6, 6.07) is 13.3. The van der Waals surface area contributed by atoms with Crippen LogP contribution in [-0.4, -0.2) is 44.4 Å². The van der Waals surface area contributed by atoms with Crippen LogP contribution in [-0.2, 0) is 9.59 Å². The van der Waals surface area contributed by atoms with Crippen LogP contribution in [0.15, 0.2) is 54.1 Å². The summed E-state index contributed by atoms with van der Waals surface area (Å²) >= 11 is 5.33. The molecule has 1 fully saturated rings. The number of nitrogens with zero attached hydrogens (tertiary/aromatic N) is 1. The number of anilines is 1. The highest BCUT2D eigenvalue weighted by atomic mass is 32.1. The molecule has 30 heavy (non-hydrogen) atoms. The molecule has 0 atom stereocenters. The molecule has 0 bridgehead atoms. The van der Waals surface area contributed by atoms with Crippen molar-refractivity contribution in [1.29, 1.82) is 0 Å². The van der Waals surface area contributed by atoms with Gasteiger partial charge in [-0.05, 0) is 30.2 Å². The molecule has 3 rings (SSSR count). The monoisotopic (exact) mass is 424 g/mol. The van der Waals surface area contributed by atoms with Crippen molar-refractivity contribution < 1.29 is 24.6 Å². The molecule has 1 aliphatic heterocycles. The molecule has 0 aromatic heterocycles. The van der Waals surface area contributed by atoms with E-state index in [1.807, 2.05) is 36.4 Å². The summed E-state index contributed by atoms with van der Waals surface area (Å²) < 4.78 is 0. The first-order valence-corrected chi connectivity index (χ1v) is 9.72. The van der Waals surface area contributed by atoms with Crippen LogP contribution in [0.3, 0.4) is 0 Å². The number of likely N-dealkylation sites (tertiary alicyclic amines) is 1. The van der Waals surface area contributed by atoms with Gasteiger partial charge in [0.1, 0.15) is 11.3 Å². The highest BCUT2D eigenvalue weighted by Gasteiger charge is 2.30. The quantitative estimate of drug-likeness (QED) is 0.464. The Labute approximate surface area is 178 Å². The van der Waals surface area contributed by atoms with Gasteiger partial charge in [0.2, 0.25) is 5.91 Å². The third-order valence-corrected chi connectivity index (χ3v) is 4.97. The number of carboxylic acid groups (broad SMARTS) is 1. The highest BCUT2D eigenvalue weighted by Crippen LogP contribution is 2.24. The topological polar surface area (TPSA) is 107 Å². The van der Waals surface area contributed by atoms with E-state index in [4.69, 9.17) is 17.3 Å². The van der Waals surface area contributed by atoms with E-state index in [9.17, 15) is 19.5 Å². The van der Waals surface area contributed by atoms with Gasteiger partial charge in [-0.15, -0.1) is 0 Å². The molecule has 0 aliphatic carbocycles. The number of amides is 2. The van der Waals surface area contributed by atoms with Crippen molar-refractivity contribution in [3.8, 4) is 5.75 Å². The van der Waals surface area contributed by atoms with Crippen molar-refractivity contribution in [2.24, 2.45) is 0 Å². The Balaban J connectivity index is 1.52. The number of phenols is 1. The van der Waals surface area contributed by atoms with Crippen molar-refractivity contribution in [1.82, 2.24) is 4.90 Å². The summed E-state index contributed by atoms with van der Waals surface area (Å²) in [7, 11) is 0. The van der Waals surface area contributed by atoms with Gasteiger partial charge in [-0.2, -0.15) is 0 Å². The first-order chi connectivity index (χ1) is 14.3. The third kappa shape index (κ3) is 5.09. The van der Waals surface area contributed by atoms with Gasteiger partial charge in [0.15, 0.2) is 0 Å². The molecule has 7 nitrogen and oxygen atoms in total. The Morgan fingerprint density at radius 2 is 1.90 bits per heavy atom. The minimum Gasteiger partial charge on any atom is -0.507 e. The summed E-state index contributed by atoms with van der Waals surface area (Å²) in [5.41, 5.74) is 1.61. The minimum absolute atomic E-state index is 0.140. The lowest BCUT2D eigenvalue weighted by atomic mass is 10.1. The van der Waals surface area contributed by atoms with Gasteiger partial charge in [-0.1, -0.05) is 42.5 Å². The van der Waals surface area contributed by atoms with Crippen LogP contribution >= 0.6 is 12.2 Å². The van der Waals surface area contributed by atoms with Crippen LogP contribution < -0.4 is 5.32 Å². The van der Waals surface area contributed by atoms with Crippen LogP contribution in [0, 0.1) is 0 Å². The Hall–Kier alpha value is -3.52. The molecule has 0 spiro atoms. The first kappa shape index (κ1) is 21.2. The van der Waals surface area contributed by atoms with Gasteiger partial charge in [0.25, 0.3) is 5.91 Å². The summed E-state index contributed by atoms with van der Waals surface area (Å²) in [5, 5.41) is 21.2. The van der Waals surface area contributed by atoms with Gasteiger partial charge in [0, 0.05) is 36.7 Å². The molecule has 2 amide bonds. The molecule has 0 unspecified atom stereocenters. The molecule has 0 saturated carbocycles. The fourth-order valence-corrected chi connectivity index (χ4v) is 3.45. The number of nitrogens with one attached hydrogen (secondary N) is 1. The van der Waals surface area contributed by atoms with Crippen molar-refractivity contribution in [2.75, 3.05) is 11.9 Å². The smallest absolute Gasteiger partial charge is 0.339 e. The molecule has 154 valence electrons. The second kappa shape index (κ2) is 9.32. The maximum absolute atomic E-state index is 12.6. The molecule has 2 aromatic rings. The van der Waals surface area contributed by atoms with Gasteiger partial charge >= 0.3 is 5.97 Å². The van der Waals surface area contributed by atoms with E-state index in [0.717, 1.165) is 5.56 Å². The summed E-state index contributed by atoms with van der Waals surface area (Å²) in [6.45, 7) is 0.334. The van der Waals surface area contributed by atoms with E-state index in [0.29, 0.717) is 35.6 Å². The van der Waals surface area contributed by atoms with Crippen LogP contribution in [0.5, 0.6) is 5.75 Å². The second-order valence-corrected chi connectivity index (χ2v) is 7.27. The van der Waals surface area contributed by atoms with E-state index in [1.54, 1.807) is 0 Å². The van der Waals surface area contributed by atoms with Crippen LogP contribution in [0.25, 0.3) is 6.08 Å². The number of aromatic carboxylic acids is 1. The number of thiocarbonyl (C=S) groups is 1. The predicted octanol–water partition coefficient (Wildman–Crippen LogP) is 3.45. The number of hydrogen-bond acceptors (Lipinski definition) is 5. The number of carbonyl (C=O) groups excluding carboxylic acids is 2. The molecule has 3 N–H and O–H groups in total. The lowest BCUT2D eigenvalue weighted by Crippen LogP contribution is -2.30. The zero-order valence-electron chi connectivity index (χ0n) is 16.0. The van der Waals surface area contributed by atoms with Gasteiger partial charge in [0.05, 0.1) is 4.99 Å². The molecule has 1 saturated heterocycles. The molecule has 1 aliphatic rings. The third-order valence-electron chi connectivity index (χ3n) is 4.60. The molecule has 1 heterocycles. The molecule has 8 heteroatoms. The first-order valence-electron chi connectivity index (χ1n) is 9.31. The standard InChI is InChI=1S/C22H20N2O5S/c25-18-13-16(8-9-17(18)22(28)29)23-19(26)7-4-10-24-20(30)12-15(21(24)27)11-14-5-2-1-3-6-14/h1-3,5-6,8-9,11,13,25H,4,7,10,12H2,(H,23,26)(H,28,29)/b15-11+. The predicted molar refractivity (Wildman–Crippen MR) is 116 cm³/mol. The number of aromatic hydroxyl groups is 1. The largest absolute Gasteiger partial charge is 0.507 e. The van der Waals surface area contributed by atoms with Crippen LogP contribution in [0.2, 0.25) is 0 Å². The molecule has 0 radical (unpaired) electrons. The summed E-state index contributed by atoms with van der Waals surface area (Å²) in [4.78, 5) is 37.7. The zero-order valence-corrected chi connectivity index (χ0v) is 16.8. The average molecular weight is 424 g/mol. The van der Waals surface area contributed by atoms with Crippen molar-refractivity contribution in [2.45, 2.75) is 19.3 Å². The van der Waals surface area contributed by atoms with Crippen molar-refractivity contribution >= 4 is 46.8 Å². The number of rotatable bonds is 7. The Bertz CT molecular complexity index is 1030. The second-order valence-electron chi connectivity index (χ2n) is 6.80. The van der Waals surface area contributed by atoms with Gasteiger partial charge in [-0.3, -0.25) is 9.59 Å². The molecule has 2 aromatic carbocycles. The fraction of sp³-hybridized carbons (Fsp3) is 0.182. The SMILES string of the molecule is O=C(CCCN1C(=O)/C(=C/c2ccccc2)CC1=S)Nc1ccc(C(=O)O)c(O)c1. The number of hydrogen-bond donors (Lipinski definition) is 3. The molecular formula is C22H20N2O5S. The van der Waals surface area contributed by atoms with E-state index in [1.165, 1.54) is 23.1 Å². The fourth-order valence-electron chi connectivity index (χ4n) is 3.12. The van der Waals surface area contributed by atoms with Crippen molar-refractivity contribution in [3.05, 3.63) is 65.2 Å². The Morgan fingerprint density at radius 1 is 1.17 bits per heavy atom. The highest BCUT2D eigenvalue weighted by molar-refractivity contribution is 7.80. The lowest BCUT2D eigenvalue weighted by molar-refractivity contribution is -0.123. The molecular weight excluding hydrogens is 404 g/mol. The lowest BCUT2D eigenvalue weighted by Gasteiger charge is -2.15. The summed E-state index contributed by atoms with van der Waals surface area (Å²) in [6.07, 6.45) is 2.79. The maximum Gasteiger partial charge on any atom is 0.339 e. The van der Waals surface area contributed by atoms with E-state index in [2.05, 4.69) is 5.32 Å². The number of carbonyl (C=O) groups is 3. The summed E-state index contributed by atoms with van der Waals surface area (Å²) in [5.74, 6) is -2.13. The minimum atomic E-state index is -1.25. The van der Waals surface area contributed by atoms with E-state index in [-0.39, 0.29) is 23.8 Å².